The molecule has 5 nitrogen and oxygen atoms in total. The van der Waals surface area contributed by atoms with Gasteiger partial charge < -0.3 is 10.1 Å². The Morgan fingerprint density at radius 2 is 2.18 bits per heavy atom. The number of hydrogen-bond donors (Lipinski definition) is 1. The topological polar surface area (TPSA) is 52.0 Å². The lowest BCUT2D eigenvalue weighted by atomic mass is 10.3. The normalized spacial score (nSPS) is 12.9. The Balaban J connectivity index is 2.21. The van der Waals surface area contributed by atoms with Crippen LogP contribution in [0.15, 0.2) is 0 Å². The molecule has 1 atom stereocenters. The lowest BCUT2D eigenvalue weighted by Gasteiger charge is -2.14. The first-order chi connectivity index (χ1) is 8.15. The lowest BCUT2D eigenvalue weighted by molar-refractivity contribution is 0.144. The fourth-order valence-electron chi connectivity index (χ4n) is 1.79. The van der Waals surface area contributed by atoms with Crippen molar-refractivity contribution in [1.82, 2.24) is 20.1 Å². The van der Waals surface area contributed by atoms with E-state index in [2.05, 4.69) is 22.3 Å². The predicted molar refractivity (Wildman–Crippen MR) is 68.2 cm³/mol. The first kappa shape index (κ1) is 14.1. The molecule has 98 valence electrons. The van der Waals surface area contributed by atoms with Crippen LogP contribution in [0.3, 0.4) is 0 Å². The van der Waals surface area contributed by atoms with E-state index in [9.17, 15) is 0 Å². The zero-order valence-electron chi connectivity index (χ0n) is 11.4. The number of hydrogen-bond acceptors (Lipinski definition) is 4. The van der Waals surface area contributed by atoms with E-state index in [0.717, 1.165) is 44.4 Å². The summed E-state index contributed by atoms with van der Waals surface area (Å²) in [5.74, 6) is 1.82. The number of aromatic nitrogens is 3. The Bertz CT molecular complexity index is 324. The van der Waals surface area contributed by atoms with E-state index in [4.69, 9.17) is 4.74 Å². The maximum atomic E-state index is 5.28. The molecule has 1 aromatic rings. The van der Waals surface area contributed by atoms with Crippen molar-refractivity contribution in [3.8, 4) is 0 Å². The molecule has 0 aliphatic rings. The molecule has 0 aliphatic heterocycles. The summed E-state index contributed by atoms with van der Waals surface area (Å²) in [6.07, 6.45) is 1.05. The van der Waals surface area contributed by atoms with Crippen molar-refractivity contribution in [2.24, 2.45) is 0 Å². The average Bonchev–Trinajstić information content (AvgIpc) is 2.62. The number of ether oxygens (including phenoxy) is 1. The first-order valence-electron chi connectivity index (χ1n) is 6.33. The van der Waals surface area contributed by atoms with E-state index >= 15 is 0 Å². The van der Waals surface area contributed by atoms with Crippen LogP contribution in [-0.2, 0) is 4.74 Å². The molecule has 0 saturated heterocycles. The largest absolute Gasteiger partial charge is 0.382 e. The van der Waals surface area contributed by atoms with Crippen LogP contribution in [-0.4, -0.2) is 41.1 Å². The van der Waals surface area contributed by atoms with Crippen molar-refractivity contribution in [2.45, 2.75) is 40.2 Å². The van der Waals surface area contributed by atoms with Gasteiger partial charge in [0.15, 0.2) is 0 Å². The number of aryl methyl sites for hydroxylation is 2. The molecule has 0 bridgehead atoms. The Morgan fingerprint density at radius 1 is 1.41 bits per heavy atom. The van der Waals surface area contributed by atoms with Gasteiger partial charge in [0.2, 0.25) is 0 Å². The molecule has 1 rings (SSSR count). The van der Waals surface area contributed by atoms with E-state index in [1.807, 2.05) is 25.5 Å². The average molecular weight is 240 g/mol. The zero-order chi connectivity index (χ0) is 12.7. The second-order valence-electron chi connectivity index (χ2n) is 4.25. The molecule has 0 fully saturated rings. The summed E-state index contributed by atoms with van der Waals surface area (Å²) in [6, 6.07) is 0.336. The van der Waals surface area contributed by atoms with E-state index in [0.29, 0.717) is 6.04 Å². The molecule has 0 aromatic carbocycles. The smallest absolute Gasteiger partial charge is 0.147 e. The van der Waals surface area contributed by atoms with Crippen molar-refractivity contribution in [1.29, 1.82) is 0 Å². The molecule has 0 aliphatic carbocycles. The zero-order valence-corrected chi connectivity index (χ0v) is 11.4. The summed E-state index contributed by atoms with van der Waals surface area (Å²) >= 11 is 0. The van der Waals surface area contributed by atoms with Crippen molar-refractivity contribution in [3.05, 3.63) is 11.6 Å². The Kier molecular flexibility index (Phi) is 6.15. The predicted octanol–water partition coefficient (Wildman–Crippen LogP) is 1.47. The summed E-state index contributed by atoms with van der Waals surface area (Å²) in [6.45, 7) is 11.6. The minimum Gasteiger partial charge on any atom is -0.382 e. The summed E-state index contributed by atoms with van der Waals surface area (Å²) < 4.78 is 7.26. The van der Waals surface area contributed by atoms with Gasteiger partial charge in [0.25, 0.3) is 0 Å². The highest BCUT2D eigenvalue weighted by Gasteiger charge is 2.09. The van der Waals surface area contributed by atoms with Gasteiger partial charge in [0.1, 0.15) is 11.6 Å². The van der Waals surface area contributed by atoms with Crippen molar-refractivity contribution in [2.75, 3.05) is 26.3 Å². The van der Waals surface area contributed by atoms with E-state index in [1.54, 1.807) is 0 Å². The van der Waals surface area contributed by atoms with Crippen LogP contribution in [0.2, 0.25) is 0 Å². The summed E-state index contributed by atoms with van der Waals surface area (Å²) in [4.78, 5) is 4.30. The molecular weight excluding hydrogens is 216 g/mol. The molecule has 1 heterocycles. The maximum Gasteiger partial charge on any atom is 0.147 e. The van der Waals surface area contributed by atoms with Gasteiger partial charge in [-0.1, -0.05) is 0 Å². The Hall–Kier alpha value is -0.940. The number of rotatable bonds is 8. The van der Waals surface area contributed by atoms with Crippen LogP contribution >= 0.6 is 0 Å². The third-order valence-electron chi connectivity index (χ3n) is 2.61. The summed E-state index contributed by atoms with van der Waals surface area (Å²) in [5.41, 5.74) is 0. The fraction of sp³-hybridized carbons (Fsp3) is 0.833. The van der Waals surface area contributed by atoms with E-state index in [1.165, 1.54) is 0 Å². The fourth-order valence-corrected chi connectivity index (χ4v) is 1.79. The molecule has 1 aromatic heterocycles. The number of nitrogens with zero attached hydrogens (tertiary/aromatic N) is 3. The molecule has 1 N–H and O–H groups in total. The van der Waals surface area contributed by atoms with Crippen LogP contribution in [0.1, 0.15) is 38.0 Å². The van der Waals surface area contributed by atoms with Crippen molar-refractivity contribution < 1.29 is 4.74 Å². The summed E-state index contributed by atoms with van der Waals surface area (Å²) in [7, 11) is 0. The summed E-state index contributed by atoms with van der Waals surface area (Å²) in [5, 5.41) is 7.79. The second-order valence-corrected chi connectivity index (χ2v) is 4.25. The molecule has 0 spiro atoms. The molecule has 0 saturated carbocycles. The molecule has 0 amide bonds. The monoisotopic (exact) mass is 240 g/mol. The van der Waals surface area contributed by atoms with Crippen LogP contribution in [0.4, 0.5) is 0 Å². The standard InChI is InChI=1S/C12H24N4O/c1-5-17-8-6-7-13-9-10(2)16-12(4)14-11(3)15-16/h10,13H,5-9H2,1-4H3. The Labute approximate surface area is 104 Å². The van der Waals surface area contributed by atoms with Gasteiger partial charge in [-0.05, 0) is 40.7 Å². The highest BCUT2D eigenvalue weighted by Crippen LogP contribution is 2.06. The Morgan fingerprint density at radius 3 is 2.76 bits per heavy atom. The maximum absolute atomic E-state index is 5.28. The third-order valence-corrected chi connectivity index (χ3v) is 2.61. The van der Waals surface area contributed by atoms with Gasteiger partial charge >= 0.3 is 0 Å². The molecule has 17 heavy (non-hydrogen) atoms. The highest BCUT2D eigenvalue weighted by atomic mass is 16.5. The van der Waals surface area contributed by atoms with Gasteiger partial charge in [-0.2, -0.15) is 5.10 Å². The minimum atomic E-state index is 0.336. The molecule has 5 heteroatoms. The lowest BCUT2D eigenvalue weighted by Crippen LogP contribution is -2.26. The van der Waals surface area contributed by atoms with Gasteiger partial charge in [-0.3, -0.25) is 0 Å². The van der Waals surface area contributed by atoms with Crippen molar-refractivity contribution in [3.63, 3.8) is 0 Å². The van der Waals surface area contributed by atoms with Crippen LogP contribution in [0, 0.1) is 13.8 Å². The highest BCUT2D eigenvalue weighted by molar-refractivity contribution is 4.89. The van der Waals surface area contributed by atoms with E-state index < -0.39 is 0 Å². The SMILES string of the molecule is CCOCCCNCC(C)n1nc(C)nc1C. The van der Waals surface area contributed by atoms with Gasteiger partial charge in [0.05, 0.1) is 6.04 Å². The third kappa shape index (κ3) is 4.83. The number of nitrogens with one attached hydrogen (secondary N) is 1. The van der Waals surface area contributed by atoms with Gasteiger partial charge in [-0.15, -0.1) is 0 Å². The van der Waals surface area contributed by atoms with Crippen LogP contribution in [0.25, 0.3) is 0 Å². The minimum absolute atomic E-state index is 0.336. The molecule has 0 radical (unpaired) electrons. The van der Waals surface area contributed by atoms with E-state index in [-0.39, 0.29) is 0 Å². The van der Waals surface area contributed by atoms with Gasteiger partial charge in [-0.25, -0.2) is 9.67 Å². The second kappa shape index (κ2) is 7.40. The molecular formula is C12H24N4O. The van der Waals surface area contributed by atoms with Gasteiger partial charge in [0, 0.05) is 19.8 Å². The van der Waals surface area contributed by atoms with Crippen LogP contribution < -0.4 is 5.32 Å². The first-order valence-corrected chi connectivity index (χ1v) is 6.33. The van der Waals surface area contributed by atoms with Crippen molar-refractivity contribution >= 4 is 0 Å². The quantitative estimate of drug-likeness (QED) is 0.699. The molecule has 1 unspecified atom stereocenters. The van der Waals surface area contributed by atoms with Crippen LogP contribution in [0.5, 0.6) is 0 Å².